The molecule has 3 N–H and O–H groups in total. The van der Waals surface area contributed by atoms with Crippen LogP contribution in [0.1, 0.15) is 6.42 Å². The lowest BCUT2D eigenvalue weighted by Gasteiger charge is -2.12. The van der Waals surface area contributed by atoms with Crippen LogP contribution in [0.5, 0.6) is 0 Å². The zero-order chi connectivity index (χ0) is 12.8. The summed E-state index contributed by atoms with van der Waals surface area (Å²) in [5, 5.41) is 17.9. The third-order valence-electron chi connectivity index (χ3n) is 2.66. The van der Waals surface area contributed by atoms with Crippen LogP contribution in [0.2, 0.25) is 0 Å². The second kappa shape index (κ2) is 6.33. The number of benzene rings is 2. The molecule has 0 aliphatic heterocycles. The summed E-state index contributed by atoms with van der Waals surface area (Å²) in [7, 11) is 0. The Balaban J connectivity index is 2.09. The Morgan fingerprint density at radius 2 is 1.89 bits per heavy atom. The maximum atomic E-state index is 8.71. The number of nitrogens with one attached hydrogen (secondary N) is 2. The van der Waals surface area contributed by atoms with Gasteiger partial charge in [-0.3, -0.25) is 0 Å². The van der Waals surface area contributed by atoms with Crippen LogP contribution in [0.4, 0.5) is 5.69 Å². The fourth-order valence-electron chi connectivity index (χ4n) is 1.78. The lowest BCUT2D eigenvalue weighted by atomic mass is 10.1. The van der Waals surface area contributed by atoms with Gasteiger partial charge in [-0.05, 0) is 30.1 Å². The van der Waals surface area contributed by atoms with Crippen molar-refractivity contribution in [1.29, 1.82) is 0 Å². The van der Waals surface area contributed by atoms with Gasteiger partial charge in [-0.1, -0.05) is 36.4 Å². The van der Waals surface area contributed by atoms with Crippen molar-refractivity contribution in [2.45, 2.75) is 6.42 Å². The van der Waals surface area contributed by atoms with Gasteiger partial charge in [0.05, 0.1) is 0 Å². The molecule has 0 spiro atoms. The number of hydrogen-bond acceptors (Lipinski definition) is 2. The number of aliphatic hydroxyl groups is 1. The van der Waals surface area contributed by atoms with Gasteiger partial charge >= 0.3 is 0 Å². The Labute approximate surface area is 112 Å². The van der Waals surface area contributed by atoms with Crippen LogP contribution in [-0.4, -0.2) is 23.4 Å². The van der Waals surface area contributed by atoms with Gasteiger partial charge in [-0.2, -0.15) is 0 Å². The minimum Gasteiger partial charge on any atom is -0.396 e. The zero-order valence-corrected chi connectivity index (χ0v) is 10.8. The topological polar surface area (TPSA) is 44.3 Å². The average molecular weight is 260 g/mol. The standard InChI is InChI=1S/C14H16N2OS/c17-10-4-9-15-14(18)16-13-8-3-6-11-5-1-2-7-12(11)13/h1-3,5-8,17H,4,9-10H2,(H2,15,16,18). The van der Waals surface area contributed by atoms with E-state index in [1.807, 2.05) is 24.3 Å². The van der Waals surface area contributed by atoms with Crippen LogP contribution in [0, 0.1) is 0 Å². The summed E-state index contributed by atoms with van der Waals surface area (Å²) >= 11 is 5.21. The Kier molecular flexibility index (Phi) is 4.50. The highest BCUT2D eigenvalue weighted by Crippen LogP contribution is 2.22. The number of fused-ring (bicyclic) bond motifs is 1. The molecule has 3 nitrogen and oxygen atoms in total. The van der Waals surface area contributed by atoms with Gasteiger partial charge in [0.1, 0.15) is 0 Å². The average Bonchev–Trinajstić information content (AvgIpc) is 2.39. The van der Waals surface area contributed by atoms with E-state index in [1.165, 1.54) is 5.39 Å². The second-order valence-electron chi connectivity index (χ2n) is 3.98. The summed E-state index contributed by atoms with van der Waals surface area (Å²) < 4.78 is 0. The predicted molar refractivity (Wildman–Crippen MR) is 79.9 cm³/mol. The molecule has 0 unspecified atom stereocenters. The van der Waals surface area contributed by atoms with E-state index in [2.05, 4.69) is 28.8 Å². The van der Waals surface area contributed by atoms with Gasteiger partial charge in [-0.15, -0.1) is 0 Å². The Morgan fingerprint density at radius 3 is 2.72 bits per heavy atom. The minimum atomic E-state index is 0.171. The van der Waals surface area contributed by atoms with E-state index < -0.39 is 0 Å². The molecule has 0 saturated carbocycles. The maximum Gasteiger partial charge on any atom is 0.170 e. The number of thiocarbonyl (C=S) groups is 1. The smallest absolute Gasteiger partial charge is 0.170 e. The van der Waals surface area contributed by atoms with Crippen molar-refractivity contribution in [1.82, 2.24) is 5.32 Å². The van der Waals surface area contributed by atoms with Gasteiger partial charge in [0.25, 0.3) is 0 Å². The lowest BCUT2D eigenvalue weighted by molar-refractivity contribution is 0.289. The third-order valence-corrected chi connectivity index (χ3v) is 2.90. The number of anilines is 1. The zero-order valence-electron chi connectivity index (χ0n) is 10.0. The Hall–Kier alpha value is -1.65. The summed E-state index contributed by atoms with van der Waals surface area (Å²) in [5.41, 5.74) is 0.995. The molecular weight excluding hydrogens is 244 g/mol. The number of rotatable bonds is 4. The highest BCUT2D eigenvalue weighted by molar-refractivity contribution is 7.80. The monoisotopic (exact) mass is 260 g/mol. The van der Waals surface area contributed by atoms with Crippen LogP contribution in [-0.2, 0) is 0 Å². The molecule has 0 amide bonds. The molecule has 94 valence electrons. The van der Waals surface area contributed by atoms with Gasteiger partial charge in [-0.25, -0.2) is 0 Å². The van der Waals surface area contributed by atoms with Crippen LogP contribution in [0.15, 0.2) is 42.5 Å². The summed E-state index contributed by atoms with van der Waals surface area (Å²) in [6.07, 6.45) is 0.692. The van der Waals surface area contributed by atoms with E-state index >= 15 is 0 Å². The molecule has 0 radical (unpaired) electrons. The SMILES string of the molecule is OCCCNC(=S)Nc1cccc2ccccc12. The second-order valence-corrected chi connectivity index (χ2v) is 4.39. The molecule has 0 bridgehead atoms. The van der Waals surface area contributed by atoms with E-state index in [1.54, 1.807) is 0 Å². The third kappa shape index (κ3) is 3.18. The highest BCUT2D eigenvalue weighted by atomic mass is 32.1. The van der Waals surface area contributed by atoms with E-state index in [9.17, 15) is 0 Å². The van der Waals surface area contributed by atoms with Crippen molar-refractivity contribution in [2.24, 2.45) is 0 Å². The van der Waals surface area contributed by atoms with Crippen molar-refractivity contribution in [3.05, 3.63) is 42.5 Å². The molecule has 2 aromatic rings. The van der Waals surface area contributed by atoms with Crippen LogP contribution in [0.3, 0.4) is 0 Å². The van der Waals surface area contributed by atoms with E-state index in [-0.39, 0.29) is 6.61 Å². The molecule has 0 heterocycles. The fraction of sp³-hybridized carbons (Fsp3) is 0.214. The van der Waals surface area contributed by atoms with Gasteiger partial charge < -0.3 is 15.7 Å². The Morgan fingerprint density at radius 1 is 1.11 bits per heavy atom. The van der Waals surface area contributed by atoms with Gasteiger partial charge in [0.2, 0.25) is 0 Å². The minimum absolute atomic E-state index is 0.171. The molecule has 0 fully saturated rings. The molecule has 0 saturated heterocycles. The summed E-state index contributed by atoms with van der Waals surface area (Å²) in [6.45, 7) is 0.844. The summed E-state index contributed by atoms with van der Waals surface area (Å²) in [6, 6.07) is 14.2. The van der Waals surface area contributed by atoms with Crippen molar-refractivity contribution in [2.75, 3.05) is 18.5 Å². The normalized spacial score (nSPS) is 10.3. The molecule has 18 heavy (non-hydrogen) atoms. The molecule has 0 aliphatic rings. The summed E-state index contributed by atoms with van der Waals surface area (Å²) in [5.74, 6) is 0. The van der Waals surface area contributed by atoms with E-state index in [0.717, 1.165) is 11.1 Å². The van der Waals surface area contributed by atoms with Crippen LogP contribution in [0.25, 0.3) is 10.8 Å². The van der Waals surface area contributed by atoms with Gasteiger partial charge in [0, 0.05) is 24.2 Å². The van der Waals surface area contributed by atoms with Crippen molar-refractivity contribution >= 4 is 33.8 Å². The van der Waals surface area contributed by atoms with Crippen molar-refractivity contribution in [3.8, 4) is 0 Å². The predicted octanol–water partition coefficient (Wildman–Crippen LogP) is 2.51. The molecule has 0 aliphatic carbocycles. The number of hydrogen-bond donors (Lipinski definition) is 3. The Bertz CT molecular complexity index is 537. The van der Waals surface area contributed by atoms with Crippen LogP contribution >= 0.6 is 12.2 Å². The largest absolute Gasteiger partial charge is 0.396 e. The first-order valence-corrected chi connectivity index (χ1v) is 6.35. The van der Waals surface area contributed by atoms with E-state index in [0.29, 0.717) is 18.1 Å². The molecular formula is C14H16N2OS. The highest BCUT2D eigenvalue weighted by Gasteiger charge is 2.01. The molecule has 4 heteroatoms. The van der Waals surface area contributed by atoms with Crippen LogP contribution < -0.4 is 10.6 Å². The molecule has 0 aromatic heterocycles. The van der Waals surface area contributed by atoms with Crippen molar-refractivity contribution < 1.29 is 5.11 Å². The molecule has 2 rings (SSSR count). The first-order chi connectivity index (χ1) is 8.81. The summed E-state index contributed by atoms with van der Waals surface area (Å²) in [4.78, 5) is 0. The molecule has 0 atom stereocenters. The van der Waals surface area contributed by atoms with E-state index in [4.69, 9.17) is 17.3 Å². The maximum absolute atomic E-state index is 8.71. The fourth-order valence-corrected chi connectivity index (χ4v) is 1.99. The van der Waals surface area contributed by atoms with Gasteiger partial charge in [0.15, 0.2) is 5.11 Å². The quantitative estimate of drug-likeness (QED) is 0.584. The molecule has 2 aromatic carbocycles. The number of aliphatic hydroxyl groups excluding tert-OH is 1. The first kappa shape index (κ1) is 12.8. The lowest BCUT2D eigenvalue weighted by Crippen LogP contribution is -2.29. The first-order valence-electron chi connectivity index (χ1n) is 5.95. The van der Waals surface area contributed by atoms with Crippen molar-refractivity contribution in [3.63, 3.8) is 0 Å².